The van der Waals surface area contributed by atoms with Gasteiger partial charge in [-0.3, -0.25) is 9.69 Å². The first kappa shape index (κ1) is 17.8. The summed E-state index contributed by atoms with van der Waals surface area (Å²) in [6.45, 7) is 4.93. The average molecular weight is 384 g/mol. The number of carbonyl (C=O) groups excluding carboxylic acids is 1. The summed E-state index contributed by atoms with van der Waals surface area (Å²) in [6, 6.07) is 4.12. The molecule has 5 rings (SSSR count). The zero-order valence-electron chi connectivity index (χ0n) is 16.6. The second-order valence-electron chi connectivity index (χ2n) is 8.44. The summed E-state index contributed by atoms with van der Waals surface area (Å²) in [5, 5.41) is 13.6. The molecule has 8 heteroatoms. The molecule has 0 aromatic carbocycles. The lowest BCUT2D eigenvalue weighted by atomic mass is 9.94. The molecule has 1 atom stereocenters. The van der Waals surface area contributed by atoms with Crippen LogP contribution < -0.4 is 4.90 Å². The maximum absolute atomic E-state index is 12.7. The molecule has 3 aliphatic rings. The molecule has 5 heterocycles. The lowest BCUT2D eigenvalue weighted by Crippen LogP contribution is -2.49. The van der Waals surface area contributed by atoms with Crippen molar-refractivity contribution < 1.29 is 4.79 Å². The first-order chi connectivity index (χ1) is 13.7. The topological polar surface area (TPSA) is 69.9 Å². The second kappa shape index (κ2) is 7.31. The zero-order chi connectivity index (χ0) is 19.1. The Morgan fingerprint density at radius 1 is 0.929 bits per heavy atom. The minimum absolute atomic E-state index is 0.0553. The van der Waals surface area contributed by atoms with Gasteiger partial charge in [0, 0.05) is 32.6 Å². The Hall–Kier alpha value is -2.22. The number of aromatic nitrogens is 4. The fourth-order valence-corrected chi connectivity index (χ4v) is 4.75. The fourth-order valence-electron chi connectivity index (χ4n) is 4.75. The van der Waals surface area contributed by atoms with Crippen molar-refractivity contribution in [2.75, 3.05) is 44.7 Å². The zero-order valence-corrected chi connectivity index (χ0v) is 16.6. The van der Waals surface area contributed by atoms with Crippen molar-refractivity contribution in [2.24, 2.45) is 0 Å². The first-order valence-corrected chi connectivity index (χ1v) is 10.7. The van der Waals surface area contributed by atoms with E-state index >= 15 is 0 Å². The van der Waals surface area contributed by atoms with Crippen LogP contribution in [0.4, 0.5) is 5.82 Å². The molecule has 1 amide bonds. The highest BCUT2D eigenvalue weighted by molar-refractivity contribution is 5.81. The van der Waals surface area contributed by atoms with E-state index in [0.29, 0.717) is 11.8 Å². The Labute approximate surface area is 165 Å². The first-order valence-electron chi connectivity index (χ1n) is 10.7. The number of rotatable bonds is 3. The average Bonchev–Trinajstić information content (AvgIpc) is 3.02. The van der Waals surface area contributed by atoms with Crippen LogP contribution in [-0.2, 0) is 4.79 Å². The van der Waals surface area contributed by atoms with Crippen LogP contribution in [0.25, 0.3) is 5.65 Å². The number of hydrogen-bond donors (Lipinski definition) is 0. The van der Waals surface area contributed by atoms with Gasteiger partial charge in [-0.15, -0.1) is 15.3 Å². The van der Waals surface area contributed by atoms with E-state index in [2.05, 4.69) is 20.0 Å². The quantitative estimate of drug-likeness (QED) is 0.801. The Balaban J connectivity index is 1.30. The van der Waals surface area contributed by atoms with E-state index in [9.17, 15) is 4.79 Å². The van der Waals surface area contributed by atoms with Crippen LogP contribution in [0.3, 0.4) is 0 Å². The standard InChI is InChI=1S/C20H29N7O/c1-24-10-3-2-5-16(20(24)28)25-13-8-15(9-14-25)19-22-21-17-6-7-18(23-27(17)19)26-11-4-12-26/h6-7,15-16H,2-5,8-14H2,1H3. The Morgan fingerprint density at radius 2 is 1.75 bits per heavy atom. The minimum atomic E-state index is 0.0553. The molecule has 0 spiro atoms. The van der Waals surface area contributed by atoms with Crippen molar-refractivity contribution in [3.05, 3.63) is 18.0 Å². The van der Waals surface area contributed by atoms with Crippen molar-refractivity contribution in [3.8, 4) is 0 Å². The van der Waals surface area contributed by atoms with Gasteiger partial charge in [0.25, 0.3) is 0 Å². The van der Waals surface area contributed by atoms with Gasteiger partial charge in [0.2, 0.25) is 5.91 Å². The molecular formula is C20H29N7O. The maximum Gasteiger partial charge on any atom is 0.239 e. The van der Waals surface area contributed by atoms with E-state index in [0.717, 1.165) is 82.1 Å². The molecule has 3 fully saturated rings. The molecule has 0 radical (unpaired) electrons. The number of anilines is 1. The van der Waals surface area contributed by atoms with Gasteiger partial charge in [0.1, 0.15) is 5.82 Å². The molecule has 0 saturated carbocycles. The summed E-state index contributed by atoms with van der Waals surface area (Å²) in [7, 11) is 1.94. The van der Waals surface area contributed by atoms with Gasteiger partial charge in [0.05, 0.1) is 6.04 Å². The summed E-state index contributed by atoms with van der Waals surface area (Å²) in [4.78, 5) is 19.3. The van der Waals surface area contributed by atoms with Crippen LogP contribution in [0.15, 0.2) is 12.1 Å². The van der Waals surface area contributed by atoms with Crippen molar-refractivity contribution in [1.82, 2.24) is 29.6 Å². The number of amides is 1. The van der Waals surface area contributed by atoms with Gasteiger partial charge in [-0.1, -0.05) is 0 Å². The predicted molar refractivity (Wildman–Crippen MR) is 106 cm³/mol. The fraction of sp³-hybridized carbons (Fsp3) is 0.700. The lowest BCUT2D eigenvalue weighted by molar-refractivity contribution is -0.135. The summed E-state index contributed by atoms with van der Waals surface area (Å²) in [5.41, 5.74) is 0.822. The van der Waals surface area contributed by atoms with Crippen molar-refractivity contribution in [3.63, 3.8) is 0 Å². The highest BCUT2D eigenvalue weighted by Gasteiger charge is 2.34. The Kier molecular flexibility index (Phi) is 4.66. The van der Waals surface area contributed by atoms with Gasteiger partial charge >= 0.3 is 0 Å². The van der Waals surface area contributed by atoms with Crippen LogP contribution in [0.1, 0.15) is 50.3 Å². The van der Waals surface area contributed by atoms with Gasteiger partial charge in [-0.2, -0.15) is 4.52 Å². The van der Waals surface area contributed by atoms with Crippen LogP contribution in [0.5, 0.6) is 0 Å². The number of carbonyl (C=O) groups is 1. The lowest BCUT2D eigenvalue weighted by Gasteiger charge is -2.36. The van der Waals surface area contributed by atoms with Crippen LogP contribution in [0, 0.1) is 0 Å². The molecule has 150 valence electrons. The molecule has 1 unspecified atom stereocenters. The molecule has 0 bridgehead atoms. The number of hydrogen-bond acceptors (Lipinski definition) is 6. The van der Waals surface area contributed by atoms with E-state index in [4.69, 9.17) is 5.10 Å². The third-order valence-corrected chi connectivity index (χ3v) is 6.67. The summed E-state index contributed by atoms with van der Waals surface area (Å²) < 4.78 is 1.94. The molecule has 8 nitrogen and oxygen atoms in total. The number of nitrogens with zero attached hydrogens (tertiary/aromatic N) is 7. The van der Waals surface area contributed by atoms with Gasteiger partial charge in [0.15, 0.2) is 11.5 Å². The van der Waals surface area contributed by atoms with Crippen molar-refractivity contribution >= 4 is 17.4 Å². The number of fused-ring (bicyclic) bond motifs is 1. The largest absolute Gasteiger partial charge is 0.355 e. The predicted octanol–water partition coefficient (Wildman–Crippen LogP) is 1.52. The molecule has 2 aromatic rings. The smallest absolute Gasteiger partial charge is 0.239 e. The number of likely N-dealkylation sites (tertiary alicyclic amines) is 2. The molecule has 2 aromatic heterocycles. The number of piperidine rings is 1. The summed E-state index contributed by atoms with van der Waals surface area (Å²) in [6.07, 6.45) is 6.49. The van der Waals surface area contributed by atoms with E-state index in [1.165, 1.54) is 6.42 Å². The van der Waals surface area contributed by atoms with E-state index < -0.39 is 0 Å². The van der Waals surface area contributed by atoms with Crippen LogP contribution >= 0.6 is 0 Å². The van der Waals surface area contributed by atoms with Gasteiger partial charge < -0.3 is 9.80 Å². The van der Waals surface area contributed by atoms with Gasteiger partial charge in [-0.05, 0) is 63.7 Å². The van der Waals surface area contributed by atoms with Crippen molar-refractivity contribution in [1.29, 1.82) is 0 Å². The molecule has 0 aliphatic carbocycles. The van der Waals surface area contributed by atoms with Crippen molar-refractivity contribution in [2.45, 2.75) is 50.5 Å². The SMILES string of the molecule is CN1CCCCC(N2CCC(c3nnc4ccc(N5CCC5)nn34)CC2)C1=O. The monoisotopic (exact) mass is 383 g/mol. The summed E-state index contributed by atoms with van der Waals surface area (Å²) in [5.74, 6) is 2.64. The maximum atomic E-state index is 12.7. The van der Waals surface area contributed by atoms with Gasteiger partial charge in [-0.25, -0.2) is 0 Å². The third kappa shape index (κ3) is 3.13. The molecule has 3 saturated heterocycles. The van der Waals surface area contributed by atoms with E-state index in [1.54, 1.807) is 0 Å². The van der Waals surface area contributed by atoms with Crippen LogP contribution in [0.2, 0.25) is 0 Å². The highest BCUT2D eigenvalue weighted by atomic mass is 16.2. The minimum Gasteiger partial charge on any atom is -0.355 e. The Morgan fingerprint density at radius 3 is 2.50 bits per heavy atom. The van der Waals surface area contributed by atoms with Crippen LogP contribution in [-0.4, -0.2) is 81.3 Å². The Bertz CT molecular complexity index is 853. The third-order valence-electron chi connectivity index (χ3n) is 6.67. The summed E-state index contributed by atoms with van der Waals surface area (Å²) >= 11 is 0. The molecular weight excluding hydrogens is 354 g/mol. The molecule has 3 aliphatic heterocycles. The molecule has 28 heavy (non-hydrogen) atoms. The normalized spacial score (nSPS) is 25.2. The number of likely N-dealkylation sites (N-methyl/N-ethyl adjacent to an activating group) is 1. The second-order valence-corrected chi connectivity index (χ2v) is 8.44. The highest BCUT2D eigenvalue weighted by Crippen LogP contribution is 2.30. The van der Waals surface area contributed by atoms with E-state index in [1.807, 2.05) is 28.6 Å². The molecule has 0 N–H and O–H groups in total. The van der Waals surface area contributed by atoms with E-state index in [-0.39, 0.29) is 6.04 Å².